The Bertz CT molecular complexity index is 864. The molecule has 1 aromatic carbocycles. The van der Waals surface area contributed by atoms with Gasteiger partial charge in [-0.2, -0.15) is 0 Å². The molecule has 0 unspecified atom stereocenters. The molecule has 5 heteroatoms. The summed E-state index contributed by atoms with van der Waals surface area (Å²) in [5, 5.41) is 2.87. The number of rotatable bonds is 4. The van der Waals surface area contributed by atoms with Gasteiger partial charge in [0.05, 0.1) is 11.4 Å². The third kappa shape index (κ3) is 3.45. The number of anilines is 2. The highest BCUT2D eigenvalue weighted by molar-refractivity contribution is 6.06. The van der Waals surface area contributed by atoms with Crippen molar-refractivity contribution < 1.29 is 9.21 Å². The average molecular weight is 340 g/mol. The SMILES string of the molecule is Cc1ccc(N(C)C)c(NC(=O)c2c(C)cc(C3CCC3)oc2=O)c1. The summed E-state index contributed by atoms with van der Waals surface area (Å²) < 4.78 is 5.43. The second-order valence-electron chi connectivity index (χ2n) is 6.99. The molecule has 1 aromatic heterocycles. The smallest absolute Gasteiger partial charge is 0.349 e. The number of nitrogens with zero attached hydrogens (tertiary/aromatic N) is 1. The first-order valence-electron chi connectivity index (χ1n) is 8.61. The van der Waals surface area contributed by atoms with Crippen LogP contribution in [0.2, 0.25) is 0 Å². The van der Waals surface area contributed by atoms with Gasteiger partial charge in [0.1, 0.15) is 11.3 Å². The molecule has 3 rings (SSSR count). The van der Waals surface area contributed by atoms with Gasteiger partial charge in [-0.25, -0.2) is 4.79 Å². The summed E-state index contributed by atoms with van der Waals surface area (Å²) in [6.07, 6.45) is 3.25. The molecule has 0 aliphatic heterocycles. The Morgan fingerprint density at radius 3 is 2.48 bits per heavy atom. The molecule has 1 saturated carbocycles. The van der Waals surface area contributed by atoms with Gasteiger partial charge in [0.15, 0.2) is 0 Å². The van der Waals surface area contributed by atoms with E-state index in [1.807, 2.05) is 50.2 Å². The lowest BCUT2D eigenvalue weighted by atomic mass is 9.83. The number of aryl methyl sites for hydroxylation is 2. The molecular weight excluding hydrogens is 316 g/mol. The summed E-state index contributed by atoms with van der Waals surface area (Å²) in [5.74, 6) is 0.593. The van der Waals surface area contributed by atoms with E-state index in [0.29, 0.717) is 22.9 Å². The molecule has 0 radical (unpaired) electrons. The number of nitrogens with one attached hydrogen (secondary N) is 1. The van der Waals surface area contributed by atoms with Crippen LogP contribution in [0.25, 0.3) is 0 Å². The van der Waals surface area contributed by atoms with Crippen molar-refractivity contribution in [3.63, 3.8) is 0 Å². The standard InChI is InChI=1S/C20H24N2O3/c1-12-8-9-16(22(3)4)15(10-12)21-19(23)18-13(2)11-17(25-20(18)24)14-6-5-7-14/h8-11,14H,5-7H2,1-4H3,(H,21,23). The molecule has 25 heavy (non-hydrogen) atoms. The number of amides is 1. The number of carbonyl (C=O) groups is 1. The zero-order valence-electron chi connectivity index (χ0n) is 15.2. The minimum Gasteiger partial charge on any atom is -0.427 e. The van der Waals surface area contributed by atoms with Crippen LogP contribution >= 0.6 is 0 Å². The second kappa shape index (κ2) is 6.75. The van der Waals surface area contributed by atoms with Crippen molar-refractivity contribution in [3.8, 4) is 0 Å². The van der Waals surface area contributed by atoms with Crippen LogP contribution in [0, 0.1) is 13.8 Å². The van der Waals surface area contributed by atoms with Crippen LogP contribution in [-0.2, 0) is 0 Å². The first-order chi connectivity index (χ1) is 11.9. The van der Waals surface area contributed by atoms with Crippen LogP contribution in [-0.4, -0.2) is 20.0 Å². The third-order valence-electron chi connectivity index (χ3n) is 4.78. The molecule has 0 spiro atoms. The molecular formula is C20H24N2O3. The predicted octanol–water partition coefficient (Wildman–Crippen LogP) is 3.84. The molecule has 2 aromatic rings. The topological polar surface area (TPSA) is 62.6 Å². The van der Waals surface area contributed by atoms with Crippen LogP contribution in [0.5, 0.6) is 0 Å². The molecule has 1 fully saturated rings. The van der Waals surface area contributed by atoms with Crippen molar-refractivity contribution in [3.05, 3.63) is 57.1 Å². The molecule has 0 bridgehead atoms. The summed E-state index contributed by atoms with van der Waals surface area (Å²) >= 11 is 0. The van der Waals surface area contributed by atoms with E-state index in [4.69, 9.17) is 4.42 Å². The predicted molar refractivity (Wildman–Crippen MR) is 99.8 cm³/mol. The van der Waals surface area contributed by atoms with E-state index < -0.39 is 11.5 Å². The lowest BCUT2D eigenvalue weighted by molar-refractivity contribution is 0.102. The van der Waals surface area contributed by atoms with Gasteiger partial charge in [-0.3, -0.25) is 4.79 Å². The largest absolute Gasteiger partial charge is 0.427 e. The number of hydrogen-bond donors (Lipinski definition) is 1. The summed E-state index contributed by atoms with van der Waals surface area (Å²) in [6, 6.07) is 7.66. The summed E-state index contributed by atoms with van der Waals surface area (Å²) in [4.78, 5) is 27.0. The maximum atomic E-state index is 12.7. The quantitative estimate of drug-likeness (QED) is 0.918. The second-order valence-corrected chi connectivity index (χ2v) is 6.99. The zero-order valence-corrected chi connectivity index (χ0v) is 15.2. The van der Waals surface area contributed by atoms with E-state index in [9.17, 15) is 9.59 Å². The Morgan fingerprint density at radius 2 is 1.92 bits per heavy atom. The van der Waals surface area contributed by atoms with E-state index in [0.717, 1.165) is 30.5 Å². The Morgan fingerprint density at radius 1 is 1.20 bits per heavy atom. The molecule has 1 amide bonds. The van der Waals surface area contributed by atoms with Crippen molar-refractivity contribution in [2.75, 3.05) is 24.3 Å². The molecule has 1 heterocycles. The van der Waals surface area contributed by atoms with Crippen LogP contribution in [0.15, 0.2) is 33.5 Å². The van der Waals surface area contributed by atoms with Gasteiger partial charge in [-0.15, -0.1) is 0 Å². The van der Waals surface area contributed by atoms with Crippen molar-refractivity contribution in [1.29, 1.82) is 0 Å². The maximum Gasteiger partial charge on any atom is 0.349 e. The highest BCUT2D eigenvalue weighted by Crippen LogP contribution is 2.36. The van der Waals surface area contributed by atoms with Crippen LogP contribution in [0.3, 0.4) is 0 Å². The first kappa shape index (κ1) is 17.3. The van der Waals surface area contributed by atoms with Crippen molar-refractivity contribution in [2.24, 2.45) is 0 Å². The maximum absolute atomic E-state index is 12.7. The summed E-state index contributed by atoms with van der Waals surface area (Å²) in [7, 11) is 3.82. The van der Waals surface area contributed by atoms with E-state index in [1.54, 1.807) is 6.92 Å². The molecule has 0 atom stereocenters. The summed E-state index contributed by atoms with van der Waals surface area (Å²) in [5.41, 5.74) is 2.77. The van der Waals surface area contributed by atoms with Crippen LogP contribution in [0.4, 0.5) is 11.4 Å². The molecule has 1 N–H and O–H groups in total. The van der Waals surface area contributed by atoms with E-state index in [1.165, 1.54) is 0 Å². The molecule has 1 aliphatic rings. The summed E-state index contributed by atoms with van der Waals surface area (Å²) in [6.45, 7) is 3.75. The van der Waals surface area contributed by atoms with Gasteiger partial charge >= 0.3 is 5.63 Å². The number of benzene rings is 1. The Labute approximate surface area is 147 Å². The third-order valence-corrected chi connectivity index (χ3v) is 4.78. The van der Waals surface area contributed by atoms with Gasteiger partial charge in [0.2, 0.25) is 0 Å². The number of hydrogen-bond acceptors (Lipinski definition) is 4. The van der Waals surface area contributed by atoms with Crippen molar-refractivity contribution in [2.45, 2.75) is 39.0 Å². The lowest BCUT2D eigenvalue weighted by Crippen LogP contribution is -2.25. The molecule has 132 valence electrons. The Hall–Kier alpha value is -2.56. The minimum atomic E-state index is -0.557. The average Bonchev–Trinajstić information content (AvgIpc) is 2.44. The Balaban J connectivity index is 1.92. The van der Waals surface area contributed by atoms with Crippen LogP contribution < -0.4 is 15.8 Å². The Kier molecular flexibility index (Phi) is 4.66. The monoisotopic (exact) mass is 340 g/mol. The molecule has 0 saturated heterocycles. The van der Waals surface area contributed by atoms with Gasteiger partial charge in [-0.1, -0.05) is 12.5 Å². The molecule has 5 nitrogen and oxygen atoms in total. The van der Waals surface area contributed by atoms with Crippen molar-refractivity contribution in [1.82, 2.24) is 0 Å². The van der Waals surface area contributed by atoms with E-state index in [2.05, 4.69) is 5.32 Å². The normalized spacial score (nSPS) is 14.1. The van der Waals surface area contributed by atoms with Crippen LogP contribution in [0.1, 0.15) is 52.4 Å². The van der Waals surface area contributed by atoms with E-state index >= 15 is 0 Å². The fourth-order valence-electron chi connectivity index (χ4n) is 3.12. The van der Waals surface area contributed by atoms with E-state index in [-0.39, 0.29) is 5.56 Å². The molecule has 1 aliphatic carbocycles. The van der Waals surface area contributed by atoms with Gasteiger partial charge in [0.25, 0.3) is 5.91 Å². The fraction of sp³-hybridized carbons (Fsp3) is 0.400. The highest BCUT2D eigenvalue weighted by atomic mass is 16.4. The van der Waals surface area contributed by atoms with Crippen molar-refractivity contribution >= 4 is 17.3 Å². The number of carbonyl (C=O) groups excluding carboxylic acids is 1. The zero-order chi connectivity index (χ0) is 18.1. The van der Waals surface area contributed by atoms with Gasteiger partial charge < -0.3 is 14.6 Å². The van der Waals surface area contributed by atoms with Gasteiger partial charge in [-0.05, 0) is 56.0 Å². The van der Waals surface area contributed by atoms with Gasteiger partial charge in [0, 0.05) is 20.0 Å². The first-order valence-corrected chi connectivity index (χ1v) is 8.61. The minimum absolute atomic E-state index is 0.0780. The fourth-order valence-corrected chi connectivity index (χ4v) is 3.12. The highest BCUT2D eigenvalue weighted by Gasteiger charge is 2.25. The lowest BCUT2D eigenvalue weighted by Gasteiger charge is -2.24.